The zero-order valence-corrected chi connectivity index (χ0v) is 7.58. The molecule has 7 heteroatoms. The first-order valence-electron chi connectivity index (χ1n) is 3.71. The van der Waals surface area contributed by atoms with Crippen molar-refractivity contribution in [1.82, 2.24) is 19.7 Å². The first-order valence-corrected chi connectivity index (χ1v) is 4.08. The van der Waals surface area contributed by atoms with Gasteiger partial charge in [0.15, 0.2) is 5.82 Å². The van der Waals surface area contributed by atoms with Gasteiger partial charge >= 0.3 is 11.4 Å². The number of nitrogens with one attached hydrogen (secondary N) is 2. The van der Waals surface area contributed by atoms with Gasteiger partial charge in [-0.3, -0.25) is 0 Å². The molecule has 0 saturated heterocycles. The molecule has 2 heterocycles. The van der Waals surface area contributed by atoms with Gasteiger partial charge in [-0.15, -0.1) is 0 Å². The lowest BCUT2D eigenvalue weighted by Crippen LogP contribution is -2.25. The number of rotatable bonds is 1. The zero-order chi connectivity index (χ0) is 10.1. The van der Waals surface area contributed by atoms with Crippen LogP contribution in [0, 0.1) is 0 Å². The summed E-state index contributed by atoms with van der Waals surface area (Å²) in [6, 6.07) is 3.15. The van der Waals surface area contributed by atoms with Gasteiger partial charge in [-0.1, -0.05) is 11.6 Å². The predicted molar refractivity (Wildman–Crippen MR) is 49.8 cm³/mol. The Morgan fingerprint density at radius 3 is 2.50 bits per heavy atom. The minimum Gasteiger partial charge on any atom is -0.247 e. The number of H-pyrrole nitrogens is 2. The molecule has 0 aliphatic rings. The van der Waals surface area contributed by atoms with Crippen LogP contribution in [0.4, 0.5) is 0 Å². The third-order valence-corrected chi connectivity index (χ3v) is 1.93. The Hall–Kier alpha value is -1.82. The fourth-order valence-electron chi connectivity index (χ4n) is 1.05. The van der Waals surface area contributed by atoms with Crippen LogP contribution >= 0.6 is 11.6 Å². The summed E-state index contributed by atoms with van der Waals surface area (Å²) in [5, 5.41) is 4.50. The van der Waals surface area contributed by atoms with Gasteiger partial charge in [0.2, 0.25) is 0 Å². The second kappa shape index (κ2) is 3.15. The van der Waals surface area contributed by atoms with Crippen LogP contribution in [0.2, 0.25) is 5.02 Å². The van der Waals surface area contributed by atoms with Crippen molar-refractivity contribution in [3.8, 4) is 5.82 Å². The highest BCUT2D eigenvalue weighted by Crippen LogP contribution is 2.13. The largest absolute Gasteiger partial charge is 0.350 e. The number of halogens is 1. The highest BCUT2D eigenvalue weighted by Gasteiger charge is 2.09. The SMILES string of the molecule is O=c1[nH][nH]c(=O)n1-c1ncccc1Cl. The van der Waals surface area contributed by atoms with Crippen LogP contribution in [0.5, 0.6) is 0 Å². The number of aromatic nitrogens is 4. The Morgan fingerprint density at radius 2 is 1.93 bits per heavy atom. The normalized spacial score (nSPS) is 10.4. The molecule has 0 atom stereocenters. The van der Waals surface area contributed by atoms with E-state index in [-0.39, 0.29) is 10.8 Å². The van der Waals surface area contributed by atoms with Gasteiger partial charge in [-0.25, -0.2) is 24.8 Å². The lowest BCUT2D eigenvalue weighted by molar-refractivity contribution is 0.909. The molecule has 72 valence electrons. The van der Waals surface area contributed by atoms with E-state index < -0.39 is 11.4 Å². The number of hydrogen-bond donors (Lipinski definition) is 2. The van der Waals surface area contributed by atoms with Crippen molar-refractivity contribution in [1.29, 1.82) is 0 Å². The molecule has 0 saturated carbocycles. The summed E-state index contributed by atoms with van der Waals surface area (Å²) in [5.74, 6) is 0.113. The average Bonchev–Trinajstić information content (AvgIpc) is 2.48. The molecule has 0 fully saturated rings. The maximum Gasteiger partial charge on any atom is 0.350 e. The van der Waals surface area contributed by atoms with Gasteiger partial charge < -0.3 is 0 Å². The maximum absolute atomic E-state index is 11.2. The number of nitrogens with zero attached hydrogens (tertiary/aromatic N) is 2. The molecule has 0 radical (unpaired) electrons. The van der Waals surface area contributed by atoms with Crippen molar-refractivity contribution in [2.24, 2.45) is 0 Å². The van der Waals surface area contributed by atoms with Crippen molar-refractivity contribution < 1.29 is 0 Å². The summed E-state index contributed by atoms with van der Waals surface area (Å²) in [6.45, 7) is 0. The molecule has 2 aromatic heterocycles. The first-order chi connectivity index (χ1) is 6.70. The zero-order valence-electron chi connectivity index (χ0n) is 6.82. The van der Waals surface area contributed by atoms with Crippen molar-refractivity contribution in [2.45, 2.75) is 0 Å². The van der Waals surface area contributed by atoms with E-state index >= 15 is 0 Å². The van der Waals surface area contributed by atoms with E-state index in [1.54, 1.807) is 12.1 Å². The summed E-state index contributed by atoms with van der Waals surface area (Å²) in [5.41, 5.74) is -1.20. The van der Waals surface area contributed by atoms with E-state index in [1.165, 1.54) is 6.20 Å². The summed E-state index contributed by atoms with van der Waals surface area (Å²) >= 11 is 5.77. The molecular formula is C7H5ClN4O2. The molecule has 2 rings (SSSR count). The van der Waals surface area contributed by atoms with E-state index in [2.05, 4.69) is 15.2 Å². The second-order valence-corrected chi connectivity index (χ2v) is 2.91. The highest BCUT2D eigenvalue weighted by molar-refractivity contribution is 6.32. The lowest BCUT2D eigenvalue weighted by Gasteiger charge is -1.98. The molecule has 0 amide bonds. The molecule has 0 unspecified atom stereocenters. The Labute approximate surface area is 82.2 Å². The Morgan fingerprint density at radius 1 is 1.29 bits per heavy atom. The molecule has 6 nitrogen and oxygen atoms in total. The number of pyridine rings is 1. The molecule has 0 aliphatic heterocycles. The molecule has 14 heavy (non-hydrogen) atoms. The van der Waals surface area contributed by atoms with Gasteiger partial charge in [0.05, 0.1) is 5.02 Å². The van der Waals surface area contributed by atoms with E-state index in [1.807, 2.05) is 0 Å². The molecule has 0 spiro atoms. The Balaban J connectivity index is 2.79. The van der Waals surface area contributed by atoms with Crippen LogP contribution < -0.4 is 11.4 Å². The summed E-state index contributed by atoms with van der Waals surface area (Å²) in [7, 11) is 0. The fourth-order valence-corrected chi connectivity index (χ4v) is 1.25. The van der Waals surface area contributed by atoms with Crippen molar-refractivity contribution in [3.05, 3.63) is 44.3 Å². The summed E-state index contributed by atoms with van der Waals surface area (Å²) in [4.78, 5) is 26.2. The third kappa shape index (κ3) is 1.25. The molecule has 0 aliphatic carbocycles. The first kappa shape index (κ1) is 8.76. The smallest absolute Gasteiger partial charge is 0.247 e. The number of hydrogen-bond acceptors (Lipinski definition) is 3. The van der Waals surface area contributed by atoms with Crippen LogP contribution in [0.25, 0.3) is 5.82 Å². The fraction of sp³-hybridized carbons (Fsp3) is 0. The van der Waals surface area contributed by atoms with Crippen molar-refractivity contribution >= 4 is 11.6 Å². The topological polar surface area (TPSA) is 83.5 Å². The van der Waals surface area contributed by atoms with Crippen LogP contribution in [-0.2, 0) is 0 Å². The van der Waals surface area contributed by atoms with Gasteiger partial charge in [-0.2, -0.15) is 4.57 Å². The number of aromatic amines is 2. The highest BCUT2D eigenvalue weighted by atomic mass is 35.5. The molecule has 2 aromatic rings. The predicted octanol–water partition coefficient (Wildman–Crippen LogP) is -0.0977. The van der Waals surface area contributed by atoms with E-state index in [9.17, 15) is 9.59 Å². The van der Waals surface area contributed by atoms with Gasteiger partial charge in [0.25, 0.3) is 0 Å². The van der Waals surface area contributed by atoms with Crippen LogP contribution in [0.3, 0.4) is 0 Å². The van der Waals surface area contributed by atoms with Crippen LogP contribution in [0.15, 0.2) is 27.9 Å². The minimum absolute atomic E-state index is 0.113. The van der Waals surface area contributed by atoms with Gasteiger partial charge in [-0.05, 0) is 12.1 Å². The monoisotopic (exact) mass is 212 g/mol. The molecule has 0 aromatic carbocycles. The molecular weight excluding hydrogens is 208 g/mol. The van der Waals surface area contributed by atoms with Gasteiger partial charge in [0.1, 0.15) is 0 Å². The maximum atomic E-state index is 11.2. The van der Waals surface area contributed by atoms with E-state index in [0.29, 0.717) is 0 Å². The average molecular weight is 213 g/mol. The third-order valence-electron chi connectivity index (χ3n) is 1.63. The summed E-state index contributed by atoms with van der Waals surface area (Å²) < 4.78 is 0.822. The van der Waals surface area contributed by atoms with E-state index in [0.717, 1.165) is 4.57 Å². The molecule has 0 bridgehead atoms. The van der Waals surface area contributed by atoms with Crippen molar-refractivity contribution in [3.63, 3.8) is 0 Å². The minimum atomic E-state index is -0.601. The lowest BCUT2D eigenvalue weighted by atomic mass is 10.4. The molecule has 2 N–H and O–H groups in total. The van der Waals surface area contributed by atoms with E-state index in [4.69, 9.17) is 11.6 Å². The summed E-state index contributed by atoms with van der Waals surface area (Å²) in [6.07, 6.45) is 1.44. The standard InChI is InChI=1S/C7H5ClN4O2/c8-4-2-1-3-9-5(4)12-6(13)10-11-7(12)14/h1-3H,(H,10,13)(H,11,14). The second-order valence-electron chi connectivity index (χ2n) is 2.50. The Kier molecular flexibility index (Phi) is 1.97. The van der Waals surface area contributed by atoms with Crippen LogP contribution in [-0.4, -0.2) is 19.7 Å². The van der Waals surface area contributed by atoms with Crippen LogP contribution in [0.1, 0.15) is 0 Å². The quantitative estimate of drug-likeness (QED) is 0.693. The van der Waals surface area contributed by atoms with Gasteiger partial charge in [0, 0.05) is 6.20 Å². The Bertz CT molecular complexity index is 540. The van der Waals surface area contributed by atoms with Crippen molar-refractivity contribution in [2.75, 3.05) is 0 Å².